The lowest BCUT2D eigenvalue weighted by Crippen LogP contribution is -2.54. The number of nitrogens with two attached hydrogens (primary N) is 2. The summed E-state index contributed by atoms with van der Waals surface area (Å²) in [5, 5.41) is 27.7. The number of imide groups is 1. The van der Waals surface area contributed by atoms with Crippen molar-refractivity contribution in [3.63, 3.8) is 0 Å². The number of piperidine rings is 1. The number of carbonyl (C=O) groups excluding carboxylic acids is 6. The van der Waals surface area contributed by atoms with Crippen molar-refractivity contribution in [3.8, 4) is 0 Å². The van der Waals surface area contributed by atoms with E-state index in [9.17, 15) is 55.1 Å². The van der Waals surface area contributed by atoms with Gasteiger partial charge in [0.15, 0.2) is 5.96 Å². The average molecular weight is 961 g/mol. The first-order chi connectivity index (χ1) is 31.3. The Morgan fingerprint density at radius 1 is 0.836 bits per heavy atom. The molecule has 0 bridgehead atoms. The van der Waals surface area contributed by atoms with Crippen LogP contribution in [0.3, 0.4) is 0 Å². The second-order valence-electron chi connectivity index (χ2n) is 15.1. The molecule has 0 aliphatic carbocycles. The van der Waals surface area contributed by atoms with Gasteiger partial charge in [-0.25, -0.2) is 9.59 Å². The molecule has 2 aliphatic rings. The molecule has 2 atom stereocenters. The molecule has 1 fully saturated rings. The fourth-order valence-corrected chi connectivity index (χ4v) is 6.49. The molecule has 0 spiro atoms. The van der Waals surface area contributed by atoms with E-state index in [4.69, 9.17) is 31.3 Å². The van der Waals surface area contributed by atoms with Crippen molar-refractivity contribution in [1.82, 2.24) is 26.2 Å². The first-order valence-electron chi connectivity index (χ1n) is 20.6. The van der Waals surface area contributed by atoms with Crippen molar-refractivity contribution in [2.24, 2.45) is 22.4 Å². The number of alkyl halides is 6. The molecule has 0 saturated carbocycles. The largest absolute Gasteiger partial charge is 0.490 e. The Kier molecular flexibility index (Phi) is 22.7. The van der Waals surface area contributed by atoms with Crippen LogP contribution >= 0.6 is 0 Å². The highest BCUT2D eigenvalue weighted by Crippen LogP contribution is 2.38. The van der Waals surface area contributed by atoms with Gasteiger partial charge in [0.2, 0.25) is 29.5 Å². The summed E-state index contributed by atoms with van der Waals surface area (Å²) in [6.07, 6.45) is -4.69. The Balaban J connectivity index is 0.000000952. The topological polar surface area (TPSA) is 308 Å². The van der Waals surface area contributed by atoms with Gasteiger partial charge < -0.3 is 42.9 Å². The number of carboxylic acid groups (broad SMARTS) is 2. The van der Waals surface area contributed by atoms with Crippen LogP contribution in [0, 0.1) is 5.92 Å². The summed E-state index contributed by atoms with van der Waals surface area (Å²) < 4.78 is 63.5. The molecule has 2 aromatic carbocycles. The van der Waals surface area contributed by atoms with E-state index >= 15 is 0 Å². The molecule has 26 heteroatoms. The number of guanidine groups is 1. The van der Waals surface area contributed by atoms with Crippen LogP contribution in [0.25, 0.3) is 0 Å². The number of fused-ring (bicyclic) bond motifs is 2. The molecule has 67 heavy (non-hydrogen) atoms. The van der Waals surface area contributed by atoms with Crippen molar-refractivity contribution in [3.05, 3.63) is 54.1 Å². The Labute approximate surface area is 380 Å². The van der Waals surface area contributed by atoms with Crippen LogP contribution < -0.4 is 43.0 Å². The number of benzene rings is 2. The number of likely N-dealkylation sites (tertiary alicyclic amines) is 1. The number of hydrogen-bond donors (Lipinski definition) is 9. The monoisotopic (exact) mass is 960 g/mol. The molecule has 20 nitrogen and oxygen atoms in total. The number of aliphatic carboxylic acids is 2. The zero-order valence-electron chi connectivity index (χ0n) is 36.5. The molecular weight excluding hydrogens is 906 g/mol. The van der Waals surface area contributed by atoms with Crippen LogP contribution in [0.5, 0.6) is 0 Å². The van der Waals surface area contributed by atoms with Gasteiger partial charge in [-0.3, -0.25) is 48.9 Å². The van der Waals surface area contributed by atoms with Crippen molar-refractivity contribution < 1.29 is 74.9 Å². The lowest BCUT2D eigenvalue weighted by atomic mass is 9.91. The Bertz CT molecular complexity index is 2050. The summed E-state index contributed by atoms with van der Waals surface area (Å²) in [6.45, 7) is 5.52. The van der Waals surface area contributed by atoms with E-state index in [1.54, 1.807) is 23.1 Å². The fraction of sp³-hybridized carbons (Fsp3) is 0.488. The minimum absolute atomic E-state index is 0.0347. The zero-order chi connectivity index (χ0) is 50.5. The molecule has 1 saturated heterocycles. The minimum atomic E-state index is -5.08. The molecule has 6 amide bonds. The number of rotatable bonds is 17. The molecular formula is C41H54F6N10O10. The highest BCUT2D eigenvalue weighted by Gasteiger charge is 2.39. The lowest BCUT2D eigenvalue weighted by Gasteiger charge is -2.33. The molecule has 0 unspecified atom stereocenters. The number of carbonyl (C=O) groups is 8. The number of nitrogens with zero attached hydrogens (tertiary/aromatic N) is 3. The Morgan fingerprint density at radius 2 is 1.40 bits per heavy atom. The molecule has 11 N–H and O–H groups in total. The van der Waals surface area contributed by atoms with E-state index < -0.39 is 54.1 Å². The van der Waals surface area contributed by atoms with Gasteiger partial charge in [0, 0.05) is 13.5 Å². The Morgan fingerprint density at radius 3 is 1.97 bits per heavy atom. The highest BCUT2D eigenvalue weighted by atomic mass is 19.4. The predicted molar refractivity (Wildman–Crippen MR) is 230 cm³/mol. The van der Waals surface area contributed by atoms with Gasteiger partial charge in [-0.05, 0) is 88.8 Å². The van der Waals surface area contributed by atoms with E-state index in [1.807, 2.05) is 30.3 Å². The second kappa shape index (κ2) is 27.0. The summed E-state index contributed by atoms with van der Waals surface area (Å²) in [5.41, 5.74) is 12.9. The number of anilines is 3. The quantitative estimate of drug-likeness (QED) is 0.0476. The van der Waals surface area contributed by atoms with Gasteiger partial charge >= 0.3 is 24.3 Å². The standard InChI is InChI=1S/C37H52N10O6.2C2HF3O2/c1-24(34(51)45-29(36(53)43-25(2)48)13-9-19-41-37(38)39)42-32(49)22-40-18-8-7-10-26-16-20-46(21-17-26)23-33(50)47-30-14-5-3-11-27(30)35(52)44-28-12-4-6-15-31(28)47;2*3-2(4,5)1(6)7/h3-6,11-12,14-15,24,26,29,40H,7-10,13,16-23H2,1-2H3,(H,42,49)(H,44,52)(H,45,51)(H4,38,39,41)(H,43,48,53);2*(H,6,7)/t24-,29-;;/m0../s1. The predicted octanol–water partition coefficient (Wildman–Crippen LogP) is 2.36. The van der Waals surface area contributed by atoms with Crippen LogP contribution in [-0.2, 0) is 33.6 Å². The third-order valence-electron chi connectivity index (χ3n) is 9.73. The zero-order valence-corrected chi connectivity index (χ0v) is 36.5. The Hall–Kier alpha value is -6.83. The summed E-state index contributed by atoms with van der Waals surface area (Å²) in [6, 6.07) is 12.6. The van der Waals surface area contributed by atoms with Crippen LogP contribution in [0.2, 0.25) is 0 Å². The molecule has 0 radical (unpaired) electrons. The van der Waals surface area contributed by atoms with E-state index in [0.29, 0.717) is 41.5 Å². The number of carboxylic acids is 2. The van der Waals surface area contributed by atoms with Gasteiger partial charge in [0.1, 0.15) is 12.1 Å². The van der Waals surface area contributed by atoms with Gasteiger partial charge in [-0.1, -0.05) is 37.1 Å². The number of hydrogen-bond acceptors (Lipinski definition) is 11. The molecule has 0 aromatic heterocycles. The number of unbranched alkanes of at least 4 members (excludes halogenated alkanes) is 1. The third kappa shape index (κ3) is 20.5. The van der Waals surface area contributed by atoms with Crippen LogP contribution in [0.15, 0.2) is 53.5 Å². The minimum Gasteiger partial charge on any atom is -0.475 e. The van der Waals surface area contributed by atoms with Gasteiger partial charge in [-0.2, -0.15) is 26.3 Å². The van der Waals surface area contributed by atoms with Gasteiger partial charge in [0.25, 0.3) is 5.91 Å². The van der Waals surface area contributed by atoms with E-state index in [2.05, 4.69) is 36.5 Å². The van der Waals surface area contributed by atoms with Crippen molar-refractivity contribution in [2.45, 2.75) is 83.2 Å². The maximum atomic E-state index is 13.8. The SMILES string of the molecule is CC(=O)NC(=O)[C@H](CCCN=C(N)N)NC(=O)[C@H](C)NC(=O)CNCCCCC1CCN(CC(=O)N2c3ccccc3NC(=O)c3ccccc32)CC1.O=C(O)C(F)(F)F.O=C(O)C(F)(F)F. The molecule has 4 rings (SSSR count). The van der Waals surface area contributed by atoms with Crippen molar-refractivity contribution in [2.75, 3.05) is 49.5 Å². The third-order valence-corrected chi connectivity index (χ3v) is 9.73. The first kappa shape index (κ1) is 56.3. The summed E-state index contributed by atoms with van der Waals surface area (Å²) >= 11 is 0. The number of aliphatic imine (C=N–C) groups is 1. The number of halogens is 6. The summed E-state index contributed by atoms with van der Waals surface area (Å²) in [4.78, 5) is 101. The van der Waals surface area contributed by atoms with E-state index in [1.165, 1.54) is 13.8 Å². The maximum Gasteiger partial charge on any atom is 0.490 e. The van der Waals surface area contributed by atoms with Crippen LogP contribution in [0.1, 0.15) is 69.2 Å². The average Bonchev–Trinajstić information content (AvgIpc) is 3.36. The normalized spacial score (nSPS) is 14.6. The van der Waals surface area contributed by atoms with Crippen molar-refractivity contribution in [1.29, 1.82) is 0 Å². The number of para-hydroxylation sites is 3. The van der Waals surface area contributed by atoms with Gasteiger partial charge in [0.05, 0.1) is 35.7 Å². The summed E-state index contributed by atoms with van der Waals surface area (Å²) in [5.74, 6) is -7.50. The maximum absolute atomic E-state index is 13.8. The van der Waals surface area contributed by atoms with E-state index in [-0.39, 0.29) is 49.7 Å². The molecule has 2 heterocycles. The molecule has 2 aromatic rings. The van der Waals surface area contributed by atoms with Gasteiger partial charge in [-0.15, -0.1) is 0 Å². The second-order valence-corrected chi connectivity index (χ2v) is 15.1. The number of nitrogens with one attached hydrogen (secondary N) is 5. The van der Waals surface area contributed by atoms with Crippen molar-refractivity contribution >= 4 is 70.4 Å². The number of amides is 6. The highest BCUT2D eigenvalue weighted by molar-refractivity contribution is 6.18. The lowest BCUT2D eigenvalue weighted by molar-refractivity contribution is -0.193. The smallest absolute Gasteiger partial charge is 0.475 e. The van der Waals surface area contributed by atoms with Crippen LogP contribution in [0.4, 0.5) is 43.4 Å². The molecule has 370 valence electrons. The summed E-state index contributed by atoms with van der Waals surface area (Å²) in [7, 11) is 0. The fourth-order valence-electron chi connectivity index (χ4n) is 6.49. The molecule has 2 aliphatic heterocycles. The van der Waals surface area contributed by atoms with Crippen LogP contribution in [-0.4, -0.2) is 132 Å². The van der Waals surface area contributed by atoms with E-state index in [0.717, 1.165) is 45.2 Å². The first-order valence-corrected chi connectivity index (χ1v) is 20.6.